The van der Waals surface area contributed by atoms with E-state index in [0.29, 0.717) is 6.54 Å². The topological polar surface area (TPSA) is 49.3 Å². The van der Waals surface area contributed by atoms with Gasteiger partial charge in [0.05, 0.1) is 12.2 Å². The molecular formula is C18H24N4S. The maximum atomic E-state index is 4.55. The van der Waals surface area contributed by atoms with Crippen molar-refractivity contribution in [2.24, 2.45) is 4.99 Å². The van der Waals surface area contributed by atoms with Crippen molar-refractivity contribution in [3.05, 3.63) is 50.5 Å². The first kappa shape index (κ1) is 16.0. The van der Waals surface area contributed by atoms with Crippen LogP contribution in [0.2, 0.25) is 0 Å². The van der Waals surface area contributed by atoms with Crippen LogP contribution in [0.3, 0.4) is 0 Å². The normalized spacial score (nSPS) is 14.0. The van der Waals surface area contributed by atoms with Crippen molar-refractivity contribution < 1.29 is 0 Å². The molecule has 0 unspecified atom stereocenters. The van der Waals surface area contributed by atoms with Gasteiger partial charge in [0.15, 0.2) is 5.96 Å². The number of aromatic nitrogens is 1. The van der Waals surface area contributed by atoms with Crippen LogP contribution in [-0.4, -0.2) is 18.0 Å². The molecule has 1 aromatic carbocycles. The van der Waals surface area contributed by atoms with Crippen LogP contribution in [-0.2, 0) is 25.9 Å². The quantitative estimate of drug-likeness (QED) is 0.670. The van der Waals surface area contributed by atoms with Gasteiger partial charge in [-0.05, 0) is 49.8 Å². The second kappa shape index (κ2) is 7.13. The third kappa shape index (κ3) is 3.91. The van der Waals surface area contributed by atoms with Crippen molar-refractivity contribution in [3.63, 3.8) is 0 Å². The number of hydrogen-bond acceptors (Lipinski definition) is 3. The molecule has 0 atom stereocenters. The number of thiazole rings is 1. The number of fused-ring (bicyclic) bond motifs is 1. The van der Waals surface area contributed by atoms with Crippen LogP contribution in [0.25, 0.3) is 0 Å². The van der Waals surface area contributed by atoms with E-state index in [2.05, 4.69) is 52.7 Å². The molecule has 0 spiro atoms. The zero-order valence-corrected chi connectivity index (χ0v) is 14.9. The molecule has 3 rings (SSSR count). The molecule has 2 N–H and O–H groups in total. The Labute approximate surface area is 142 Å². The first-order valence-corrected chi connectivity index (χ1v) is 8.95. The van der Waals surface area contributed by atoms with E-state index in [1.807, 2.05) is 0 Å². The minimum Gasteiger partial charge on any atom is -0.352 e. The van der Waals surface area contributed by atoms with Crippen LogP contribution in [0.15, 0.2) is 23.2 Å². The predicted molar refractivity (Wildman–Crippen MR) is 97.1 cm³/mol. The zero-order chi connectivity index (χ0) is 16.2. The van der Waals surface area contributed by atoms with Crippen molar-refractivity contribution in [2.75, 3.05) is 7.05 Å². The lowest BCUT2D eigenvalue weighted by atomic mass is 10.1. The van der Waals surface area contributed by atoms with Crippen molar-refractivity contribution in [3.8, 4) is 0 Å². The van der Waals surface area contributed by atoms with E-state index in [1.54, 1.807) is 18.4 Å². The second-order valence-corrected chi connectivity index (χ2v) is 7.27. The number of nitrogens with one attached hydrogen (secondary N) is 2. The number of nitrogens with zero attached hydrogens (tertiary/aromatic N) is 2. The average Bonchev–Trinajstić information content (AvgIpc) is 3.14. The highest BCUT2D eigenvalue weighted by atomic mass is 32.1. The minimum atomic E-state index is 0.712. The van der Waals surface area contributed by atoms with Gasteiger partial charge >= 0.3 is 0 Å². The SMILES string of the molecule is CN=C(NCc1ccc2c(c1)CCC2)NCc1nc(C)c(C)s1. The summed E-state index contributed by atoms with van der Waals surface area (Å²) in [5.41, 5.74) is 5.47. The summed E-state index contributed by atoms with van der Waals surface area (Å²) in [6.07, 6.45) is 3.75. The molecule has 0 saturated heterocycles. The first-order chi connectivity index (χ1) is 11.2. The molecule has 122 valence electrons. The van der Waals surface area contributed by atoms with Crippen LogP contribution in [0, 0.1) is 13.8 Å². The van der Waals surface area contributed by atoms with Crippen LogP contribution in [0.5, 0.6) is 0 Å². The summed E-state index contributed by atoms with van der Waals surface area (Å²) in [5, 5.41) is 7.82. The van der Waals surface area contributed by atoms with Gasteiger partial charge in [-0.1, -0.05) is 18.2 Å². The second-order valence-electron chi connectivity index (χ2n) is 5.99. The third-order valence-electron chi connectivity index (χ3n) is 4.33. The molecule has 1 aromatic heterocycles. The number of rotatable bonds is 4. The van der Waals surface area contributed by atoms with Crippen molar-refractivity contribution in [1.29, 1.82) is 0 Å². The van der Waals surface area contributed by atoms with Gasteiger partial charge in [-0.2, -0.15) is 0 Å². The fourth-order valence-corrected chi connectivity index (χ4v) is 3.79. The maximum Gasteiger partial charge on any atom is 0.191 e. The molecule has 0 fully saturated rings. The Morgan fingerprint density at radius 1 is 1.17 bits per heavy atom. The number of guanidine groups is 1. The highest BCUT2D eigenvalue weighted by Crippen LogP contribution is 2.22. The zero-order valence-electron chi connectivity index (χ0n) is 14.1. The summed E-state index contributed by atoms with van der Waals surface area (Å²) in [6, 6.07) is 6.82. The largest absolute Gasteiger partial charge is 0.352 e. The van der Waals surface area contributed by atoms with Gasteiger partial charge in [0.25, 0.3) is 0 Å². The van der Waals surface area contributed by atoms with Gasteiger partial charge in [0, 0.05) is 18.5 Å². The Morgan fingerprint density at radius 2 is 1.96 bits per heavy atom. The molecule has 1 aliphatic carbocycles. The van der Waals surface area contributed by atoms with Gasteiger partial charge < -0.3 is 10.6 Å². The summed E-state index contributed by atoms with van der Waals surface area (Å²) >= 11 is 1.74. The molecule has 0 bridgehead atoms. The number of benzene rings is 1. The monoisotopic (exact) mass is 328 g/mol. The molecule has 1 aliphatic rings. The lowest BCUT2D eigenvalue weighted by Crippen LogP contribution is -2.36. The van der Waals surface area contributed by atoms with E-state index in [1.165, 1.54) is 40.8 Å². The molecule has 4 nitrogen and oxygen atoms in total. The lowest BCUT2D eigenvalue weighted by Gasteiger charge is -2.12. The third-order valence-corrected chi connectivity index (χ3v) is 5.40. The van der Waals surface area contributed by atoms with Gasteiger partial charge in [-0.3, -0.25) is 4.99 Å². The minimum absolute atomic E-state index is 0.712. The highest BCUT2D eigenvalue weighted by Gasteiger charge is 2.11. The van der Waals surface area contributed by atoms with E-state index in [-0.39, 0.29) is 0 Å². The summed E-state index contributed by atoms with van der Waals surface area (Å²) in [7, 11) is 1.80. The summed E-state index contributed by atoms with van der Waals surface area (Å²) in [6.45, 7) is 5.67. The number of aryl methyl sites for hydroxylation is 4. The van der Waals surface area contributed by atoms with Gasteiger partial charge in [-0.15, -0.1) is 11.3 Å². The molecule has 0 saturated carbocycles. The number of hydrogen-bond donors (Lipinski definition) is 2. The van der Waals surface area contributed by atoms with Crippen LogP contribution >= 0.6 is 11.3 Å². The maximum absolute atomic E-state index is 4.55. The standard InChI is InChI=1S/C18H24N4S/c1-12-13(2)23-17(22-12)11-21-18(19-3)20-10-14-7-8-15-5-4-6-16(15)9-14/h7-9H,4-6,10-11H2,1-3H3,(H2,19,20,21). The fraction of sp³-hybridized carbons (Fsp3) is 0.444. The highest BCUT2D eigenvalue weighted by molar-refractivity contribution is 7.11. The van der Waals surface area contributed by atoms with E-state index in [9.17, 15) is 0 Å². The first-order valence-electron chi connectivity index (χ1n) is 8.14. The van der Waals surface area contributed by atoms with E-state index in [0.717, 1.165) is 23.2 Å². The van der Waals surface area contributed by atoms with Crippen LogP contribution in [0.1, 0.15) is 38.7 Å². The fourth-order valence-electron chi connectivity index (χ4n) is 2.92. The smallest absolute Gasteiger partial charge is 0.191 e. The van der Waals surface area contributed by atoms with E-state index in [4.69, 9.17) is 0 Å². The molecule has 1 heterocycles. The molecule has 0 amide bonds. The van der Waals surface area contributed by atoms with Crippen molar-refractivity contribution in [1.82, 2.24) is 15.6 Å². The average molecular weight is 328 g/mol. The van der Waals surface area contributed by atoms with Crippen LogP contribution in [0.4, 0.5) is 0 Å². The van der Waals surface area contributed by atoms with Gasteiger partial charge in [0.2, 0.25) is 0 Å². The molecule has 23 heavy (non-hydrogen) atoms. The summed E-state index contributed by atoms with van der Waals surface area (Å²) in [5.74, 6) is 0.816. The Balaban J connectivity index is 1.53. The summed E-state index contributed by atoms with van der Waals surface area (Å²) in [4.78, 5) is 10.1. The number of aliphatic imine (C=N–C) groups is 1. The Bertz CT molecular complexity index is 698. The van der Waals surface area contributed by atoms with Crippen molar-refractivity contribution >= 4 is 17.3 Å². The van der Waals surface area contributed by atoms with Gasteiger partial charge in [0.1, 0.15) is 5.01 Å². The molecule has 2 aromatic rings. The van der Waals surface area contributed by atoms with E-state index < -0.39 is 0 Å². The van der Waals surface area contributed by atoms with Crippen LogP contribution < -0.4 is 10.6 Å². The van der Waals surface area contributed by atoms with Crippen molar-refractivity contribution in [2.45, 2.75) is 46.2 Å². The molecular weight excluding hydrogens is 304 g/mol. The predicted octanol–water partition coefficient (Wildman–Crippen LogP) is 3.11. The molecule has 0 aliphatic heterocycles. The Kier molecular flexibility index (Phi) is 4.96. The Morgan fingerprint density at radius 3 is 2.70 bits per heavy atom. The van der Waals surface area contributed by atoms with Gasteiger partial charge in [-0.25, -0.2) is 4.98 Å². The lowest BCUT2D eigenvalue weighted by molar-refractivity contribution is 0.802. The Hall–Kier alpha value is -1.88. The van der Waals surface area contributed by atoms with E-state index >= 15 is 0 Å². The molecule has 0 radical (unpaired) electrons. The molecule has 5 heteroatoms. The summed E-state index contributed by atoms with van der Waals surface area (Å²) < 4.78 is 0.